The van der Waals surface area contributed by atoms with Crippen molar-refractivity contribution in [1.82, 2.24) is 20.1 Å². The number of aromatic nitrogens is 1. The van der Waals surface area contributed by atoms with Crippen LogP contribution < -0.4 is 5.32 Å². The Kier molecular flexibility index (Phi) is 3.91. The van der Waals surface area contributed by atoms with E-state index in [1.54, 1.807) is 6.07 Å². The van der Waals surface area contributed by atoms with Crippen LogP contribution in [0.2, 0.25) is 0 Å². The summed E-state index contributed by atoms with van der Waals surface area (Å²) >= 11 is 0. The fraction of sp³-hybridized carbons (Fsp3) is 0.429. The van der Waals surface area contributed by atoms with Gasteiger partial charge in [0.2, 0.25) is 0 Å². The van der Waals surface area contributed by atoms with E-state index in [0.29, 0.717) is 11.6 Å². The summed E-state index contributed by atoms with van der Waals surface area (Å²) in [5, 5.41) is 12.8. The fourth-order valence-electron chi connectivity index (χ4n) is 5.30. The number of benzene rings is 1. The van der Waals surface area contributed by atoms with Gasteiger partial charge >= 0.3 is 0 Å². The SMILES string of the molecule is O=C(N[C@@H]1C2CN3CCN(C2)CC1(c1ccccc1)C3)c1ccc(O)cn1. The van der Waals surface area contributed by atoms with Gasteiger partial charge in [-0.3, -0.25) is 4.79 Å². The van der Waals surface area contributed by atoms with Gasteiger partial charge in [0.25, 0.3) is 5.91 Å². The van der Waals surface area contributed by atoms with Crippen molar-refractivity contribution >= 4 is 5.91 Å². The minimum absolute atomic E-state index is 0.0685. The van der Waals surface area contributed by atoms with Crippen molar-refractivity contribution in [2.75, 3.05) is 39.3 Å². The number of hydrogen-bond acceptors (Lipinski definition) is 5. The minimum atomic E-state index is -0.161. The van der Waals surface area contributed by atoms with Crippen molar-refractivity contribution in [1.29, 1.82) is 0 Å². The maximum atomic E-state index is 12.9. The Morgan fingerprint density at radius 3 is 2.41 bits per heavy atom. The average molecular weight is 364 g/mol. The zero-order valence-corrected chi connectivity index (χ0v) is 15.2. The van der Waals surface area contributed by atoms with E-state index in [1.165, 1.54) is 17.8 Å². The number of pyridine rings is 1. The molecule has 27 heavy (non-hydrogen) atoms. The van der Waals surface area contributed by atoms with Gasteiger partial charge in [0.15, 0.2) is 0 Å². The molecule has 2 unspecified atom stereocenters. The minimum Gasteiger partial charge on any atom is -0.506 e. The lowest BCUT2D eigenvalue weighted by atomic mass is 9.64. The molecule has 4 bridgehead atoms. The normalized spacial score (nSPS) is 34.2. The largest absolute Gasteiger partial charge is 0.506 e. The van der Waals surface area contributed by atoms with Crippen molar-refractivity contribution in [2.24, 2.45) is 5.92 Å². The molecule has 0 aliphatic carbocycles. The van der Waals surface area contributed by atoms with Gasteiger partial charge in [0.1, 0.15) is 11.4 Å². The smallest absolute Gasteiger partial charge is 0.270 e. The fourth-order valence-corrected chi connectivity index (χ4v) is 5.30. The van der Waals surface area contributed by atoms with Crippen LogP contribution in [-0.4, -0.2) is 71.1 Å². The van der Waals surface area contributed by atoms with E-state index in [-0.39, 0.29) is 23.1 Å². The molecule has 4 fully saturated rings. The second kappa shape index (κ2) is 6.32. The number of amides is 1. The van der Waals surface area contributed by atoms with Gasteiger partial charge < -0.3 is 20.2 Å². The molecule has 5 heterocycles. The Morgan fingerprint density at radius 2 is 1.78 bits per heavy atom. The Labute approximate surface area is 158 Å². The van der Waals surface area contributed by atoms with E-state index in [9.17, 15) is 9.90 Å². The zero-order chi connectivity index (χ0) is 18.4. The van der Waals surface area contributed by atoms with Gasteiger partial charge in [-0.2, -0.15) is 0 Å². The average Bonchev–Trinajstić information content (AvgIpc) is 2.94. The summed E-state index contributed by atoms with van der Waals surface area (Å²) in [4.78, 5) is 22.1. The summed E-state index contributed by atoms with van der Waals surface area (Å²) in [6.45, 7) is 6.20. The van der Waals surface area contributed by atoms with Crippen molar-refractivity contribution in [3.63, 3.8) is 0 Å². The summed E-state index contributed by atoms with van der Waals surface area (Å²) in [7, 11) is 0. The first kappa shape index (κ1) is 16.7. The summed E-state index contributed by atoms with van der Waals surface area (Å²) in [5.41, 5.74) is 1.55. The summed E-state index contributed by atoms with van der Waals surface area (Å²) in [6, 6.07) is 13.8. The number of nitrogens with one attached hydrogen (secondary N) is 1. The molecule has 1 aromatic heterocycles. The number of hydrogen-bond donors (Lipinski definition) is 2. The first-order valence-corrected chi connectivity index (χ1v) is 9.60. The van der Waals surface area contributed by atoms with Crippen LogP contribution in [0.15, 0.2) is 48.7 Å². The van der Waals surface area contributed by atoms with Crippen LogP contribution in [0.3, 0.4) is 0 Å². The van der Waals surface area contributed by atoms with E-state index in [4.69, 9.17) is 0 Å². The number of fused-ring (bicyclic) bond motifs is 1. The molecule has 1 aromatic carbocycles. The highest BCUT2D eigenvalue weighted by Crippen LogP contribution is 2.43. The Balaban J connectivity index is 1.51. The van der Waals surface area contributed by atoms with Gasteiger partial charge in [0.05, 0.1) is 6.20 Å². The lowest BCUT2D eigenvalue weighted by Gasteiger charge is -2.55. The molecule has 3 atom stereocenters. The first-order valence-electron chi connectivity index (χ1n) is 9.60. The number of carbonyl (C=O) groups is 1. The molecule has 2 N–H and O–H groups in total. The van der Waals surface area contributed by atoms with Crippen molar-refractivity contribution < 1.29 is 9.90 Å². The summed E-state index contributed by atoms with van der Waals surface area (Å²) < 4.78 is 0. The molecule has 6 nitrogen and oxygen atoms in total. The third-order valence-electron chi connectivity index (χ3n) is 6.41. The maximum absolute atomic E-state index is 12.9. The molecule has 4 saturated heterocycles. The molecule has 4 aliphatic rings. The molecule has 4 aliphatic heterocycles. The van der Waals surface area contributed by atoms with Gasteiger partial charge in [-0.25, -0.2) is 4.98 Å². The number of aromatic hydroxyl groups is 1. The van der Waals surface area contributed by atoms with Crippen molar-refractivity contribution in [3.05, 3.63) is 59.9 Å². The molecule has 6 rings (SSSR count). The van der Waals surface area contributed by atoms with Gasteiger partial charge in [-0.05, 0) is 17.7 Å². The maximum Gasteiger partial charge on any atom is 0.270 e. The van der Waals surface area contributed by atoms with Crippen LogP contribution in [0.4, 0.5) is 0 Å². The Bertz CT molecular complexity index is 823. The topological polar surface area (TPSA) is 68.7 Å². The van der Waals surface area contributed by atoms with Crippen molar-refractivity contribution in [3.8, 4) is 5.75 Å². The van der Waals surface area contributed by atoms with E-state index in [0.717, 1.165) is 39.3 Å². The number of piperidine rings is 2. The number of carbonyl (C=O) groups excluding carboxylic acids is 1. The molecule has 0 radical (unpaired) electrons. The predicted octanol–water partition coefficient (Wildman–Crippen LogP) is 1.08. The number of rotatable bonds is 3. The van der Waals surface area contributed by atoms with Gasteiger partial charge in [-0.1, -0.05) is 30.3 Å². The van der Waals surface area contributed by atoms with E-state index in [2.05, 4.69) is 44.4 Å². The molecular weight excluding hydrogens is 340 g/mol. The molecular formula is C21H24N4O2. The van der Waals surface area contributed by atoms with Gasteiger partial charge in [0, 0.05) is 56.6 Å². The lowest BCUT2D eigenvalue weighted by Crippen LogP contribution is -2.70. The monoisotopic (exact) mass is 364 g/mol. The highest BCUT2D eigenvalue weighted by molar-refractivity contribution is 5.92. The second-order valence-electron chi connectivity index (χ2n) is 8.11. The van der Waals surface area contributed by atoms with Crippen LogP contribution in [0.1, 0.15) is 16.1 Å². The molecule has 0 saturated carbocycles. The second-order valence-corrected chi connectivity index (χ2v) is 8.11. The first-order chi connectivity index (χ1) is 13.1. The Morgan fingerprint density at radius 1 is 1.07 bits per heavy atom. The summed E-state index contributed by atoms with van der Waals surface area (Å²) in [5.74, 6) is 0.307. The van der Waals surface area contributed by atoms with Crippen LogP contribution in [-0.2, 0) is 5.41 Å². The molecule has 140 valence electrons. The van der Waals surface area contributed by atoms with Crippen LogP contribution in [0, 0.1) is 5.92 Å². The third kappa shape index (κ3) is 2.80. The molecule has 6 heteroatoms. The highest BCUT2D eigenvalue weighted by Gasteiger charge is 2.55. The van der Waals surface area contributed by atoms with Crippen LogP contribution in [0.5, 0.6) is 5.75 Å². The molecule has 0 spiro atoms. The summed E-state index contributed by atoms with van der Waals surface area (Å²) in [6.07, 6.45) is 1.32. The van der Waals surface area contributed by atoms with Crippen LogP contribution in [0.25, 0.3) is 0 Å². The van der Waals surface area contributed by atoms with E-state index < -0.39 is 0 Å². The Hall–Kier alpha value is -2.44. The van der Waals surface area contributed by atoms with Crippen molar-refractivity contribution in [2.45, 2.75) is 11.5 Å². The quantitative estimate of drug-likeness (QED) is 0.853. The third-order valence-corrected chi connectivity index (χ3v) is 6.41. The van der Waals surface area contributed by atoms with E-state index >= 15 is 0 Å². The predicted molar refractivity (Wildman–Crippen MR) is 102 cm³/mol. The van der Waals surface area contributed by atoms with Gasteiger partial charge in [-0.15, -0.1) is 0 Å². The van der Waals surface area contributed by atoms with E-state index in [1.807, 2.05) is 6.07 Å². The zero-order valence-electron chi connectivity index (χ0n) is 15.2. The molecule has 2 aromatic rings. The lowest BCUT2D eigenvalue weighted by molar-refractivity contribution is 0.0179. The number of nitrogens with zero attached hydrogens (tertiary/aromatic N) is 3. The molecule has 1 amide bonds. The van der Waals surface area contributed by atoms with Crippen LogP contribution >= 0.6 is 0 Å². The standard InChI is InChI=1S/C21H24N4O2/c26-17-6-7-18(22-10-17)20(27)23-19-15-11-24-8-9-25(12-15)14-21(19,13-24)16-4-2-1-3-5-16/h1-7,10,15,19,26H,8-9,11-14H2,(H,23,27)/t15?,19-,21?/m1/s1. The highest BCUT2D eigenvalue weighted by atomic mass is 16.3.